The Hall–Kier alpha value is -3.13. The molecule has 2 aromatic rings. The van der Waals surface area contributed by atoms with Crippen LogP contribution in [-0.2, 0) is 9.53 Å². The zero-order valence-corrected chi connectivity index (χ0v) is 17.7. The van der Waals surface area contributed by atoms with Gasteiger partial charge in [-0.25, -0.2) is 4.79 Å². The number of urea groups is 1. The molecule has 3 heterocycles. The number of likely N-dealkylation sites (tertiary alicyclic amines) is 1. The van der Waals surface area contributed by atoms with Crippen LogP contribution < -0.4 is 16.4 Å². The molecule has 1 aromatic heterocycles. The van der Waals surface area contributed by atoms with E-state index in [1.54, 1.807) is 17.3 Å². The van der Waals surface area contributed by atoms with Gasteiger partial charge in [0.1, 0.15) is 0 Å². The predicted molar refractivity (Wildman–Crippen MR) is 119 cm³/mol. The molecule has 0 radical (unpaired) electrons. The van der Waals surface area contributed by atoms with E-state index in [0.717, 1.165) is 29.7 Å². The number of nitrogen functional groups attached to an aromatic ring is 1. The molecule has 164 valence electrons. The summed E-state index contributed by atoms with van der Waals surface area (Å²) in [5.74, 6) is 0.374. The van der Waals surface area contributed by atoms with Crippen molar-refractivity contribution in [3.8, 4) is 0 Å². The number of nitrogens with one attached hydrogen (secondary N) is 2. The molecule has 2 aliphatic heterocycles. The van der Waals surface area contributed by atoms with Gasteiger partial charge in [-0.2, -0.15) is 0 Å². The molecule has 0 bridgehead atoms. The van der Waals surface area contributed by atoms with E-state index in [1.165, 1.54) is 0 Å². The molecule has 0 aliphatic carbocycles. The van der Waals surface area contributed by atoms with Crippen LogP contribution >= 0.6 is 0 Å². The summed E-state index contributed by atoms with van der Waals surface area (Å²) in [5.41, 5.74) is 9.21. The fourth-order valence-electron chi connectivity index (χ4n) is 3.99. The van der Waals surface area contributed by atoms with E-state index in [9.17, 15) is 9.59 Å². The number of hydrogen-bond donors (Lipinski definition) is 3. The number of ether oxygens (including phenoxy) is 1. The minimum Gasteiger partial charge on any atom is -0.397 e. The molecular formula is C23H29N5O3. The average Bonchev–Trinajstić information content (AvgIpc) is 2.74. The second-order valence-electron chi connectivity index (χ2n) is 8.32. The quantitative estimate of drug-likeness (QED) is 0.685. The summed E-state index contributed by atoms with van der Waals surface area (Å²) in [5, 5.41) is 6.01. The van der Waals surface area contributed by atoms with E-state index in [-0.39, 0.29) is 29.8 Å². The van der Waals surface area contributed by atoms with Gasteiger partial charge in [0, 0.05) is 56.2 Å². The van der Waals surface area contributed by atoms with E-state index < -0.39 is 0 Å². The van der Waals surface area contributed by atoms with Crippen molar-refractivity contribution in [2.75, 3.05) is 37.4 Å². The highest BCUT2D eigenvalue weighted by atomic mass is 16.5. The fourth-order valence-corrected chi connectivity index (χ4v) is 3.99. The Morgan fingerprint density at radius 1 is 1.16 bits per heavy atom. The zero-order valence-electron chi connectivity index (χ0n) is 17.7. The highest BCUT2D eigenvalue weighted by molar-refractivity contribution is 5.90. The number of carbonyl (C=O) groups is 2. The number of rotatable bonds is 5. The van der Waals surface area contributed by atoms with Gasteiger partial charge in [-0.15, -0.1) is 0 Å². The maximum atomic E-state index is 12.5. The highest BCUT2D eigenvalue weighted by Gasteiger charge is 2.32. The second kappa shape index (κ2) is 9.34. The summed E-state index contributed by atoms with van der Waals surface area (Å²) >= 11 is 0. The van der Waals surface area contributed by atoms with Gasteiger partial charge in [0.15, 0.2) is 0 Å². The van der Waals surface area contributed by atoms with E-state index >= 15 is 0 Å². The number of hydrogen-bond acceptors (Lipinski definition) is 5. The van der Waals surface area contributed by atoms with Gasteiger partial charge in [0.25, 0.3) is 0 Å². The Morgan fingerprint density at radius 3 is 2.55 bits per heavy atom. The number of nitrogens with zero attached hydrogens (tertiary/aromatic N) is 2. The standard InChI is InChI=1S/C23H29N5O3/c1-15(26-22(29)17-6-8-31-9-7-17)16-2-4-21(5-3-16)27-23(30)28-13-19(14-28)18-10-20(24)12-25-11-18/h2-5,10-12,15,17,19H,6-9,13-14,24H2,1H3,(H,26,29)(H,27,30)/t15-/m0/s1. The van der Waals surface area contributed by atoms with Crippen LogP contribution in [0.5, 0.6) is 0 Å². The molecule has 3 amide bonds. The molecule has 0 unspecified atom stereocenters. The number of aromatic nitrogens is 1. The smallest absolute Gasteiger partial charge is 0.321 e. The summed E-state index contributed by atoms with van der Waals surface area (Å²) in [4.78, 5) is 30.8. The summed E-state index contributed by atoms with van der Waals surface area (Å²) in [7, 11) is 0. The van der Waals surface area contributed by atoms with Crippen LogP contribution in [0.15, 0.2) is 42.7 Å². The first-order valence-electron chi connectivity index (χ1n) is 10.7. The van der Waals surface area contributed by atoms with Crippen molar-refractivity contribution in [2.24, 2.45) is 5.92 Å². The van der Waals surface area contributed by atoms with E-state index in [1.807, 2.05) is 37.3 Å². The summed E-state index contributed by atoms with van der Waals surface area (Å²) < 4.78 is 5.32. The molecule has 1 atom stereocenters. The van der Waals surface area contributed by atoms with Gasteiger partial charge in [-0.1, -0.05) is 12.1 Å². The van der Waals surface area contributed by atoms with E-state index in [2.05, 4.69) is 15.6 Å². The Balaban J connectivity index is 1.25. The monoisotopic (exact) mass is 423 g/mol. The Morgan fingerprint density at radius 2 is 1.87 bits per heavy atom. The minimum absolute atomic E-state index is 0.0261. The summed E-state index contributed by atoms with van der Waals surface area (Å²) in [6.07, 6.45) is 4.97. The minimum atomic E-state index is -0.123. The van der Waals surface area contributed by atoms with E-state index in [4.69, 9.17) is 10.5 Å². The Bertz CT molecular complexity index is 921. The van der Waals surface area contributed by atoms with Gasteiger partial charge in [-0.05, 0) is 49.1 Å². The van der Waals surface area contributed by atoms with Gasteiger partial charge in [0.05, 0.1) is 11.7 Å². The van der Waals surface area contributed by atoms with Crippen molar-refractivity contribution in [2.45, 2.75) is 31.7 Å². The molecule has 31 heavy (non-hydrogen) atoms. The van der Waals surface area contributed by atoms with Crippen LogP contribution in [0, 0.1) is 5.92 Å². The molecule has 1 aromatic carbocycles. The Kier molecular flexibility index (Phi) is 6.36. The lowest BCUT2D eigenvalue weighted by molar-refractivity contribution is -0.128. The lowest BCUT2D eigenvalue weighted by Gasteiger charge is -2.39. The zero-order chi connectivity index (χ0) is 21.8. The van der Waals surface area contributed by atoms with Crippen molar-refractivity contribution in [1.82, 2.24) is 15.2 Å². The highest BCUT2D eigenvalue weighted by Crippen LogP contribution is 2.28. The first kappa shape index (κ1) is 21.1. The first-order valence-corrected chi connectivity index (χ1v) is 10.7. The van der Waals surface area contributed by atoms with Gasteiger partial charge < -0.3 is 26.0 Å². The van der Waals surface area contributed by atoms with Crippen LogP contribution in [0.1, 0.15) is 42.9 Å². The first-order chi connectivity index (χ1) is 15.0. The lowest BCUT2D eigenvalue weighted by Crippen LogP contribution is -2.50. The van der Waals surface area contributed by atoms with Crippen molar-refractivity contribution < 1.29 is 14.3 Å². The largest absolute Gasteiger partial charge is 0.397 e. The van der Waals surface area contributed by atoms with Crippen molar-refractivity contribution in [3.05, 3.63) is 53.9 Å². The number of pyridine rings is 1. The van der Waals surface area contributed by atoms with Crippen LogP contribution in [0.2, 0.25) is 0 Å². The van der Waals surface area contributed by atoms with Crippen molar-refractivity contribution >= 4 is 23.3 Å². The molecule has 0 saturated carbocycles. The third-order valence-electron chi connectivity index (χ3n) is 6.03. The summed E-state index contributed by atoms with van der Waals surface area (Å²) in [6.45, 7) is 4.55. The SMILES string of the molecule is C[C@H](NC(=O)C1CCOCC1)c1ccc(NC(=O)N2CC(c3cncc(N)c3)C2)cc1. The summed E-state index contributed by atoms with van der Waals surface area (Å²) in [6, 6.07) is 9.29. The normalized spacial score (nSPS) is 18.2. The molecule has 0 spiro atoms. The second-order valence-corrected chi connectivity index (χ2v) is 8.32. The van der Waals surface area contributed by atoms with Gasteiger partial charge >= 0.3 is 6.03 Å². The Labute approximate surface area is 182 Å². The average molecular weight is 424 g/mol. The molecule has 4 rings (SSSR count). The third-order valence-corrected chi connectivity index (χ3v) is 6.03. The van der Waals surface area contributed by atoms with Crippen LogP contribution in [0.4, 0.5) is 16.2 Å². The number of nitrogens with two attached hydrogens (primary N) is 1. The lowest BCUT2D eigenvalue weighted by atomic mass is 9.93. The maximum absolute atomic E-state index is 12.5. The molecule has 8 heteroatoms. The van der Waals surface area contributed by atoms with Crippen LogP contribution in [0.25, 0.3) is 0 Å². The van der Waals surface area contributed by atoms with Crippen LogP contribution in [-0.4, -0.2) is 48.1 Å². The molecule has 2 fully saturated rings. The van der Waals surface area contributed by atoms with Crippen molar-refractivity contribution in [3.63, 3.8) is 0 Å². The molecular weight excluding hydrogens is 394 g/mol. The predicted octanol–water partition coefficient (Wildman–Crippen LogP) is 2.90. The third kappa shape index (κ3) is 5.14. The molecule has 2 saturated heterocycles. The van der Waals surface area contributed by atoms with E-state index in [0.29, 0.717) is 32.0 Å². The number of anilines is 2. The molecule has 8 nitrogen and oxygen atoms in total. The number of carbonyl (C=O) groups excluding carboxylic acids is 2. The molecule has 4 N–H and O–H groups in total. The van der Waals surface area contributed by atoms with Crippen molar-refractivity contribution in [1.29, 1.82) is 0 Å². The topological polar surface area (TPSA) is 110 Å². The van der Waals surface area contributed by atoms with Gasteiger partial charge in [-0.3, -0.25) is 9.78 Å². The number of amides is 3. The molecule has 2 aliphatic rings. The number of benzene rings is 1. The van der Waals surface area contributed by atoms with Gasteiger partial charge in [0.2, 0.25) is 5.91 Å². The van der Waals surface area contributed by atoms with Crippen LogP contribution in [0.3, 0.4) is 0 Å². The fraction of sp³-hybridized carbons (Fsp3) is 0.435. The maximum Gasteiger partial charge on any atom is 0.321 e.